The van der Waals surface area contributed by atoms with E-state index in [0.717, 1.165) is 28.4 Å². The Hall–Kier alpha value is -3.42. The maximum absolute atomic E-state index is 11.8. The predicted octanol–water partition coefficient (Wildman–Crippen LogP) is 3.55. The number of fused-ring (bicyclic) bond motifs is 1. The summed E-state index contributed by atoms with van der Waals surface area (Å²) in [6, 6.07) is 9.70. The molecule has 1 unspecified atom stereocenters. The lowest BCUT2D eigenvalue weighted by molar-refractivity contribution is -0.0749. The zero-order valence-electron chi connectivity index (χ0n) is 19.8. The minimum atomic E-state index is -3.52. The van der Waals surface area contributed by atoms with Gasteiger partial charge in [0.1, 0.15) is 11.8 Å². The average molecular weight is 482 g/mol. The van der Waals surface area contributed by atoms with Crippen molar-refractivity contribution in [2.24, 2.45) is 0 Å². The molecule has 0 bridgehead atoms. The van der Waals surface area contributed by atoms with E-state index >= 15 is 0 Å². The molecule has 2 aromatic heterocycles. The average Bonchev–Trinajstić information content (AvgIpc) is 2.75. The predicted molar refractivity (Wildman–Crippen MR) is 132 cm³/mol. The maximum atomic E-state index is 11.8. The van der Waals surface area contributed by atoms with Gasteiger partial charge in [-0.05, 0) is 44.5 Å². The van der Waals surface area contributed by atoms with Crippen LogP contribution in [0.2, 0.25) is 0 Å². The Morgan fingerprint density at radius 2 is 2.00 bits per heavy atom. The Morgan fingerprint density at radius 3 is 2.65 bits per heavy atom. The van der Waals surface area contributed by atoms with Gasteiger partial charge in [-0.2, -0.15) is 5.26 Å². The molecule has 9 nitrogen and oxygen atoms in total. The zero-order valence-corrected chi connectivity index (χ0v) is 20.6. The summed E-state index contributed by atoms with van der Waals surface area (Å²) in [7, 11) is -2.10. The molecule has 1 saturated heterocycles. The Labute approximate surface area is 199 Å². The second kappa shape index (κ2) is 8.74. The maximum Gasteiger partial charge on any atom is 0.238 e. The molecular weight excluding hydrogens is 454 g/mol. The van der Waals surface area contributed by atoms with Gasteiger partial charge in [-0.15, -0.1) is 0 Å². The van der Waals surface area contributed by atoms with Gasteiger partial charge in [-0.1, -0.05) is 6.07 Å². The number of rotatable bonds is 5. The van der Waals surface area contributed by atoms with Crippen molar-refractivity contribution in [1.82, 2.24) is 9.97 Å². The number of sulfonamides is 1. The summed E-state index contributed by atoms with van der Waals surface area (Å²) in [6.45, 7) is 7.37. The molecule has 3 heterocycles. The largest absolute Gasteiger partial charge is 0.480 e. The molecule has 10 heteroatoms. The summed E-state index contributed by atoms with van der Waals surface area (Å²) in [5, 5.41) is 10.7. The summed E-state index contributed by atoms with van der Waals surface area (Å²) < 4.78 is 37.3. The summed E-state index contributed by atoms with van der Waals surface area (Å²) in [5.41, 5.74) is 3.43. The first-order chi connectivity index (χ1) is 16.0. The number of morpholine rings is 1. The number of hydrogen-bond donors (Lipinski definition) is 1. The van der Waals surface area contributed by atoms with E-state index in [1.54, 1.807) is 18.5 Å². The molecule has 1 aromatic carbocycles. The SMILES string of the molecule is COc1ncc(-c2ccc3ncc(C#N)c(N4CC(C)OC(C)(C)C4)c3c2)cc1NS(C)(=O)=O. The number of ether oxygens (including phenoxy) is 2. The molecule has 0 saturated carbocycles. The number of anilines is 2. The summed E-state index contributed by atoms with van der Waals surface area (Å²) in [6.07, 6.45) is 4.29. The molecule has 1 aliphatic rings. The van der Waals surface area contributed by atoms with Gasteiger partial charge in [0, 0.05) is 36.4 Å². The third-order valence-electron chi connectivity index (χ3n) is 5.52. The monoisotopic (exact) mass is 481 g/mol. The Balaban J connectivity index is 1.87. The molecular formula is C24H27N5O4S. The van der Waals surface area contributed by atoms with Gasteiger partial charge < -0.3 is 14.4 Å². The Kier molecular flexibility index (Phi) is 6.10. The first-order valence-corrected chi connectivity index (χ1v) is 12.7. The van der Waals surface area contributed by atoms with Crippen LogP contribution >= 0.6 is 0 Å². The fraction of sp³-hybridized carbons (Fsp3) is 0.375. The van der Waals surface area contributed by atoms with Crippen LogP contribution in [0.15, 0.2) is 36.7 Å². The van der Waals surface area contributed by atoms with E-state index in [1.807, 2.05) is 39.0 Å². The minimum Gasteiger partial charge on any atom is -0.480 e. The molecule has 0 spiro atoms. The van der Waals surface area contributed by atoms with Gasteiger partial charge in [0.05, 0.1) is 41.8 Å². The lowest BCUT2D eigenvalue weighted by Gasteiger charge is -2.43. The van der Waals surface area contributed by atoms with Gasteiger partial charge in [-0.3, -0.25) is 9.71 Å². The highest BCUT2D eigenvalue weighted by molar-refractivity contribution is 7.92. The molecule has 0 amide bonds. The van der Waals surface area contributed by atoms with Gasteiger partial charge >= 0.3 is 0 Å². The number of methoxy groups -OCH3 is 1. The van der Waals surface area contributed by atoms with Crippen molar-refractivity contribution in [3.8, 4) is 23.1 Å². The minimum absolute atomic E-state index is 0.00268. The van der Waals surface area contributed by atoms with Crippen LogP contribution in [-0.4, -0.2) is 56.5 Å². The van der Waals surface area contributed by atoms with Gasteiger partial charge in [-0.25, -0.2) is 13.4 Å². The van der Waals surface area contributed by atoms with E-state index in [4.69, 9.17) is 9.47 Å². The molecule has 3 aromatic rings. The van der Waals surface area contributed by atoms with Gasteiger partial charge in [0.2, 0.25) is 15.9 Å². The van der Waals surface area contributed by atoms with Crippen molar-refractivity contribution in [3.05, 3.63) is 42.2 Å². The fourth-order valence-corrected chi connectivity index (χ4v) is 5.00. The van der Waals surface area contributed by atoms with E-state index in [1.165, 1.54) is 7.11 Å². The molecule has 34 heavy (non-hydrogen) atoms. The topological polar surface area (TPSA) is 117 Å². The van der Waals surface area contributed by atoms with E-state index in [2.05, 4.69) is 25.7 Å². The quantitative estimate of drug-likeness (QED) is 0.588. The van der Waals surface area contributed by atoms with Crippen molar-refractivity contribution in [3.63, 3.8) is 0 Å². The molecule has 178 valence electrons. The number of benzene rings is 1. The number of nitriles is 1. The van der Waals surface area contributed by atoms with Crippen LogP contribution in [0.5, 0.6) is 5.88 Å². The highest BCUT2D eigenvalue weighted by Crippen LogP contribution is 2.37. The van der Waals surface area contributed by atoms with Gasteiger partial charge in [0.25, 0.3) is 0 Å². The number of pyridine rings is 2. The highest BCUT2D eigenvalue weighted by Gasteiger charge is 2.33. The highest BCUT2D eigenvalue weighted by atomic mass is 32.2. The molecule has 4 rings (SSSR count). The third kappa shape index (κ3) is 4.90. The third-order valence-corrected chi connectivity index (χ3v) is 6.11. The molecule has 0 radical (unpaired) electrons. The van der Waals surface area contributed by atoms with Crippen molar-refractivity contribution in [2.75, 3.05) is 36.1 Å². The first kappa shape index (κ1) is 23.7. The van der Waals surface area contributed by atoms with E-state index in [-0.39, 0.29) is 23.3 Å². The second-order valence-electron chi connectivity index (χ2n) is 9.09. The standard InChI is InChI=1S/C24H27N5O4S/c1-15-13-29(14-24(2,3)33-15)22-18(10-25)12-26-20-7-6-16(8-19(20)22)17-9-21(28-34(5,30)31)23(32-4)27-11-17/h6-9,11-12,15,28H,13-14H2,1-5H3. The first-order valence-electron chi connectivity index (χ1n) is 10.8. The van der Waals surface area contributed by atoms with E-state index < -0.39 is 10.0 Å². The number of hydrogen-bond acceptors (Lipinski definition) is 8. The van der Waals surface area contributed by atoms with Crippen LogP contribution in [-0.2, 0) is 14.8 Å². The number of nitrogens with one attached hydrogen (secondary N) is 1. The fourth-order valence-electron chi connectivity index (χ4n) is 4.45. The lowest BCUT2D eigenvalue weighted by Crippen LogP contribution is -2.52. The van der Waals surface area contributed by atoms with E-state index in [0.29, 0.717) is 24.2 Å². The normalized spacial score (nSPS) is 17.9. The smallest absolute Gasteiger partial charge is 0.238 e. The van der Waals surface area contributed by atoms with Crippen molar-refractivity contribution < 1.29 is 17.9 Å². The lowest BCUT2D eigenvalue weighted by atomic mass is 9.99. The Bertz CT molecular complexity index is 1400. The van der Waals surface area contributed by atoms with Crippen LogP contribution in [0.3, 0.4) is 0 Å². The van der Waals surface area contributed by atoms with Crippen LogP contribution in [0, 0.1) is 11.3 Å². The molecule has 1 N–H and O–H groups in total. The van der Waals surface area contributed by atoms with Crippen molar-refractivity contribution in [1.29, 1.82) is 5.26 Å². The van der Waals surface area contributed by atoms with Crippen LogP contribution < -0.4 is 14.4 Å². The molecule has 0 aliphatic carbocycles. The number of aromatic nitrogens is 2. The second-order valence-corrected chi connectivity index (χ2v) is 10.8. The van der Waals surface area contributed by atoms with Crippen molar-refractivity contribution in [2.45, 2.75) is 32.5 Å². The van der Waals surface area contributed by atoms with E-state index in [9.17, 15) is 13.7 Å². The Morgan fingerprint density at radius 1 is 1.24 bits per heavy atom. The molecule has 1 fully saturated rings. The van der Waals surface area contributed by atoms with Crippen molar-refractivity contribution >= 4 is 32.3 Å². The van der Waals surface area contributed by atoms with Gasteiger partial charge in [0.15, 0.2) is 0 Å². The summed E-state index contributed by atoms with van der Waals surface area (Å²) in [5.74, 6) is 0.175. The summed E-state index contributed by atoms with van der Waals surface area (Å²) >= 11 is 0. The van der Waals surface area contributed by atoms with Crippen LogP contribution in [0.25, 0.3) is 22.0 Å². The van der Waals surface area contributed by atoms with Crippen LogP contribution in [0.1, 0.15) is 26.3 Å². The zero-order chi connectivity index (χ0) is 24.7. The number of nitrogens with zero attached hydrogens (tertiary/aromatic N) is 4. The molecule has 1 aliphatic heterocycles. The molecule has 1 atom stereocenters. The van der Waals surface area contributed by atoms with Crippen LogP contribution in [0.4, 0.5) is 11.4 Å². The summed E-state index contributed by atoms with van der Waals surface area (Å²) in [4.78, 5) is 10.9.